The van der Waals surface area contributed by atoms with Crippen LogP contribution in [0.2, 0.25) is 0 Å². The van der Waals surface area contributed by atoms with Crippen molar-refractivity contribution in [1.82, 2.24) is 10.2 Å². The summed E-state index contributed by atoms with van der Waals surface area (Å²) in [6, 6.07) is 11.5. The molecule has 28 heavy (non-hydrogen) atoms. The number of carboxylic acids is 1. The van der Waals surface area contributed by atoms with Crippen molar-refractivity contribution in [1.29, 1.82) is 0 Å². The van der Waals surface area contributed by atoms with Crippen LogP contribution in [-0.4, -0.2) is 59.1 Å². The lowest BCUT2D eigenvalue weighted by Gasteiger charge is -2.36. The maximum atomic E-state index is 13.2. The van der Waals surface area contributed by atoms with Crippen molar-refractivity contribution in [3.05, 3.63) is 60.1 Å². The Labute approximate surface area is 162 Å². The van der Waals surface area contributed by atoms with Crippen molar-refractivity contribution in [3.63, 3.8) is 0 Å². The van der Waals surface area contributed by atoms with Crippen molar-refractivity contribution in [2.24, 2.45) is 0 Å². The first-order chi connectivity index (χ1) is 13.4. The van der Waals surface area contributed by atoms with Crippen LogP contribution in [0.5, 0.6) is 0 Å². The Morgan fingerprint density at radius 3 is 2.57 bits per heavy atom. The minimum Gasteiger partial charge on any atom is -0.479 e. The number of hydrogen-bond donors (Lipinski definition) is 2. The SMILES string of the molecule is C[C@@H]1CN(C(=O)C(Cc2ccccc2)NC(=O)c2ccco2)CC(C(=O)O)O1. The summed E-state index contributed by atoms with van der Waals surface area (Å²) in [6.07, 6.45) is 0.141. The molecular weight excluding hydrogens is 364 g/mol. The molecule has 1 aromatic heterocycles. The van der Waals surface area contributed by atoms with E-state index in [1.54, 1.807) is 13.0 Å². The van der Waals surface area contributed by atoms with Crippen LogP contribution in [0.3, 0.4) is 0 Å². The summed E-state index contributed by atoms with van der Waals surface area (Å²) in [5, 5.41) is 12.0. The van der Waals surface area contributed by atoms with E-state index < -0.39 is 30.1 Å². The highest BCUT2D eigenvalue weighted by atomic mass is 16.5. The fourth-order valence-electron chi connectivity index (χ4n) is 3.18. The molecular formula is C20H22N2O6. The molecule has 3 rings (SSSR count). The Balaban J connectivity index is 1.79. The molecule has 1 aliphatic rings. The Morgan fingerprint density at radius 2 is 1.93 bits per heavy atom. The molecule has 2 heterocycles. The topological polar surface area (TPSA) is 109 Å². The second-order valence-electron chi connectivity index (χ2n) is 6.71. The van der Waals surface area contributed by atoms with Gasteiger partial charge in [0.25, 0.3) is 5.91 Å². The van der Waals surface area contributed by atoms with E-state index >= 15 is 0 Å². The lowest BCUT2D eigenvalue weighted by atomic mass is 10.0. The van der Waals surface area contributed by atoms with Crippen molar-refractivity contribution in [2.45, 2.75) is 31.6 Å². The highest BCUT2D eigenvalue weighted by Crippen LogP contribution is 2.15. The van der Waals surface area contributed by atoms with Crippen LogP contribution in [0.1, 0.15) is 23.0 Å². The molecule has 2 aromatic rings. The number of carbonyl (C=O) groups excluding carboxylic acids is 2. The number of ether oxygens (including phenoxy) is 1. The van der Waals surface area contributed by atoms with E-state index in [0.717, 1.165) is 5.56 Å². The number of benzene rings is 1. The number of nitrogens with one attached hydrogen (secondary N) is 1. The summed E-state index contributed by atoms with van der Waals surface area (Å²) in [5.74, 6) is -1.88. The molecule has 0 bridgehead atoms. The average molecular weight is 386 g/mol. The van der Waals surface area contributed by atoms with Gasteiger partial charge in [0.2, 0.25) is 5.91 Å². The molecule has 0 aliphatic carbocycles. The number of rotatable bonds is 6. The Hall–Kier alpha value is -3.13. The number of amides is 2. The summed E-state index contributed by atoms with van der Waals surface area (Å²) in [7, 11) is 0. The number of aliphatic carboxylic acids is 1. The Morgan fingerprint density at radius 1 is 1.18 bits per heavy atom. The van der Waals surface area contributed by atoms with Crippen molar-refractivity contribution in [2.75, 3.05) is 13.1 Å². The smallest absolute Gasteiger partial charge is 0.334 e. The van der Waals surface area contributed by atoms with E-state index in [9.17, 15) is 19.5 Å². The minimum atomic E-state index is -1.12. The third-order valence-corrected chi connectivity index (χ3v) is 4.48. The molecule has 148 valence electrons. The molecule has 1 fully saturated rings. The minimum absolute atomic E-state index is 0.0690. The van der Waals surface area contributed by atoms with Gasteiger partial charge in [-0.05, 0) is 24.6 Å². The number of nitrogens with zero attached hydrogens (tertiary/aromatic N) is 1. The van der Waals surface area contributed by atoms with Crippen LogP contribution < -0.4 is 5.32 Å². The molecule has 1 aliphatic heterocycles. The second-order valence-corrected chi connectivity index (χ2v) is 6.71. The summed E-state index contributed by atoms with van der Waals surface area (Å²) < 4.78 is 10.5. The summed E-state index contributed by atoms with van der Waals surface area (Å²) in [6.45, 7) is 1.90. The van der Waals surface area contributed by atoms with Gasteiger partial charge in [-0.15, -0.1) is 0 Å². The van der Waals surface area contributed by atoms with Crippen molar-refractivity contribution >= 4 is 17.8 Å². The third kappa shape index (κ3) is 4.77. The van der Waals surface area contributed by atoms with Gasteiger partial charge in [-0.1, -0.05) is 30.3 Å². The number of morpholine rings is 1. The van der Waals surface area contributed by atoms with Gasteiger partial charge in [-0.2, -0.15) is 0 Å². The van der Waals surface area contributed by atoms with E-state index in [0.29, 0.717) is 0 Å². The van der Waals surface area contributed by atoms with Gasteiger partial charge in [-0.25, -0.2) is 4.79 Å². The van der Waals surface area contributed by atoms with Gasteiger partial charge in [0.05, 0.1) is 18.9 Å². The van der Waals surface area contributed by atoms with Gasteiger partial charge in [-0.3, -0.25) is 9.59 Å². The zero-order valence-electron chi connectivity index (χ0n) is 15.4. The Bertz CT molecular complexity index is 820. The van der Waals surface area contributed by atoms with Crippen LogP contribution in [0.4, 0.5) is 0 Å². The predicted octanol–water partition coefficient (Wildman–Crippen LogP) is 1.32. The lowest BCUT2D eigenvalue weighted by Crippen LogP contribution is -2.57. The van der Waals surface area contributed by atoms with Gasteiger partial charge in [0.1, 0.15) is 6.04 Å². The molecule has 1 saturated heterocycles. The van der Waals surface area contributed by atoms with Gasteiger partial charge < -0.3 is 24.5 Å². The molecule has 0 spiro atoms. The fourth-order valence-corrected chi connectivity index (χ4v) is 3.18. The molecule has 8 heteroatoms. The van der Waals surface area contributed by atoms with Crippen LogP contribution in [0.15, 0.2) is 53.1 Å². The van der Waals surface area contributed by atoms with E-state index in [-0.39, 0.29) is 31.2 Å². The lowest BCUT2D eigenvalue weighted by molar-refractivity contribution is -0.167. The molecule has 2 N–H and O–H groups in total. The quantitative estimate of drug-likeness (QED) is 0.775. The first kappa shape index (κ1) is 19.6. The largest absolute Gasteiger partial charge is 0.479 e. The van der Waals surface area contributed by atoms with Crippen LogP contribution in [0, 0.1) is 0 Å². The van der Waals surface area contributed by atoms with Gasteiger partial charge in [0, 0.05) is 13.0 Å². The van der Waals surface area contributed by atoms with Crippen molar-refractivity contribution < 1.29 is 28.6 Å². The summed E-state index contributed by atoms with van der Waals surface area (Å²) in [5.41, 5.74) is 0.872. The standard InChI is InChI=1S/C20H22N2O6/c1-13-11-22(12-17(28-13)20(25)26)19(24)15(10-14-6-3-2-4-7-14)21-18(23)16-8-5-9-27-16/h2-9,13,15,17H,10-12H2,1H3,(H,21,23)(H,25,26)/t13-,15?,17?/m1/s1. The van der Waals surface area contributed by atoms with Crippen LogP contribution >= 0.6 is 0 Å². The molecule has 8 nitrogen and oxygen atoms in total. The average Bonchev–Trinajstić information content (AvgIpc) is 3.22. The Kier molecular flexibility index (Phi) is 6.10. The predicted molar refractivity (Wildman–Crippen MR) is 98.7 cm³/mol. The molecule has 2 amide bonds. The molecule has 2 unspecified atom stereocenters. The monoisotopic (exact) mass is 386 g/mol. The first-order valence-corrected chi connectivity index (χ1v) is 8.99. The van der Waals surface area contributed by atoms with Gasteiger partial charge in [0.15, 0.2) is 11.9 Å². The van der Waals surface area contributed by atoms with E-state index in [4.69, 9.17) is 9.15 Å². The normalized spacial score (nSPS) is 20.4. The number of furan rings is 1. The summed E-state index contributed by atoms with van der Waals surface area (Å²) >= 11 is 0. The highest BCUT2D eigenvalue weighted by Gasteiger charge is 2.36. The van der Waals surface area contributed by atoms with Crippen LogP contribution in [0.25, 0.3) is 0 Å². The van der Waals surface area contributed by atoms with E-state index in [1.807, 2.05) is 30.3 Å². The zero-order valence-corrected chi connectivity index (χ0v) is 15.4. The molecule has 1 aromatic carbocycles. The second kappa shape index (κ2) is 8.71. The number of carboxylic acid groups (broad SMARTS) is 1. The highest BCUT2D eigenvalue weighted by molar-refractivity contribution is 5.95. The first-order valence-electron chi connectivity index (χ1n) is 8.99. The fraction of sp³-hybridized carbons (Fsp3) is 0.350. The molecule has 0 saturated carbocycles. The maximum Gasteiger partial charge on any atom is 0.334 e. The maximum absolute atomic E-state index is 13.2. The molecule has 3 atom stereocenters. The molecule has 0 radical (unpaired) electrons. The van der Waals surface area contributed by atoms with E-state index in [1.165, 1.54) is 17.2 Å². The summed E-state index contributed by atoms with van der Waals surface area (Å²) in [4.78, 5) is 38.3. The third-order valence-electron chi connectivity index (χ3n) is 4.48. The number of hydrogen-bond acceptors (Lipinski definition) is 5. The van der Waals surface area contributed by atoms with Gasteiger partial charge >= 0.3 is 5.97 Å². The van der Waals surface area contributed by atoms with Crippen LogP contribution in [-0.2, 0) is 20.7 Å². The van der Waals surface area contributed by atoms with E-state index in [2.05, 4.69) is 5.32 Å². The zero-order chi connectivity index (χ0) is 20.1. The number of carbonyl (C=O) groups is 3. The van der Waals surface area contributed by atoms with Crippen molar-refractivity contribution in [3.8, 4) is 0 Å².